The number of nitrogens with zero attached hydrogens (tertiary/aromatic N) is 3. The van der Waals surface area contributed by atoms with Crippen LogP contribution in [0.15, 0.2) is 29.6 Å². The van der Waals surface area contributed by atoms with E-state index < -0.39 is 0 Å². The number of nitrogen functional groups attached to an aromatic ring is 1. The molecule has 0 unspecified atom stereocenters. The second-order valence-electron chi connectivity index (χ2n) is 3.25. The first-order valence-corrected chi connectivity index (χ1v) is 5.43. The van der Waals surface area contributed by atoms with Crippen molar-refractivity contribution in [3.8, 4) is 0 Å². The fourth-order valence-corrected chi connectivity index (χ4v) is 1.71. The molecule has 1 aromatic heterocycles. The number of nitrogens with two attached hydrogens (primary N) is 1. The third-order valence-electron chi connectivity index (χ3n) is 2.14. The summed E-state index contributed by atoms with van der Waals surface area (Å²) in [5.41, 5.74) is 7.35. The van der Waals surface area contributed by atoms with Crippen molar-refractivity contribution in [1.82, 2.24) is 9.59 Å². The Kier molecular flexibility index (Phi) is 2.82. The first kappa shape index (κ1) is 10.6. The number of hydrogen-bond donors (Lipinski definition) is 1. The molecule has 0 fully saturated rings. The summed E-state index contributed by atoms with van der Waals surface area (Å²) in [5, 5.41) is 5.35. The minimum Gasteiger partial charge on any atom is -0.399 e. The smallest absolute Gasteiger partial charge is 0.279 e. The highest BCUT2D eigenvalue weighted by Crippen LogP contribution is 2.17. The van der Waals surface area contributed by atoms with E-state index in [0.717, 1.165) is 17.2 Å². The molecule has 1 aromatic carbocycles. The molecule has 0 saturated carbocycles. The van der Waals surface area contributed by atoms with E-state index in [1.807, 2.05) is 6.07 Å². The van der Waals surface area contributed by atoms with Crippen LogP contribution in [0.4, 0.5) is 11.4 Å². The van der Waals surface area contributed by atoms with Crippen LogP contribution in [0.3, 0.4) is 0 Å². The van der Waals surface area contributed by atoms with Gasteiger partial charge in [0.2, 0.25) is 0 Å². The average molecular weight is 234 g/mol. The van der Waals surface area contributed by atoms with Crippen molar-refractivity contribution in [2.24, 2.45) is 0 Å². The highest BCUT2D eigenvalue weighted by Gasteiger charge is 2.15. The van der Waals surface area contributed by atoms with Gasteiger partial charge in [0, 0.05) is 23.8 Å². The number of rotatable bonds is 2. The van der Waals surface area contributed by atoms with Crippen LogP contribution >= 0.6 is 11.5 Å². The number of aromatic nitrogens is 2. The van der Waals surface area contributed by atoms with Gasteiger partial charge in [0.05, 0.1) is 0 Å². The quantitative estimate of drug-likeness (QED) is 0.797. The van der Waals surface area contributed by atoms with E-state index in [1.54, 1.807) is 30.6 Å². The number of hydrogen-bond acceptors (Lipinski definition) is 5. The van der Waals surface area contributed by atoms with Crippen molar-refractivity contribution in [2.75, 3.05) is 17.7 Å². The maximum Gasteiger partial charge on any atom is 0.279 e. The summed E-state index contributed by atoms with van der Waals surface area (Å²) in [6.45, 7) is 0. The molecule has 82 valence electrons. The van der Waals surface area contributed by atoms with Crippen molar-refractivity contribution in [3.05, 3.63) is 35.3 Å². The molecule has 0 aliphatic rings. The summed E-state index contributed by atoms with van der Waals surface area (Å²) in [5.74, 6) is -0.195. The van der Waals surface area contributed by atoms with Gasteiger partial charge in [-0.2, -0.15) is 0 Å². The number of anilines is 2. The first-order valence-electron chi connectivity index (χ1n) is 4.59. The van der Waals surface area contributed by atoms with Crippen LogP contribution in [0.1, 0.15) is 10.5 Å². The van der Waals surface area contributed by atoms with Gasteiger partial charge < -0.3 is 10.6 Å². The summed E-state index contributed by atoms with van der Waals surface area (Å²) in [6.07, 6.45) is 0. The molecule has 5 nitrogen and oxygen atoms in total. The van der Waals surface area contributed by atoms with Crippen molar-refractivity contribution < 1.29 is 4.79 Å². The second kappa shape index (κ2) is 4.28. The molecule has 2 aromatic rings. The summed E-state index contributed by atoms with van der Waals surface area (Å²) in [7, 11) is 1.68. The van der Waals surface area contributed by atoms with Gasteiger partial charge in [-0.25, -0.2) is 0 Å². The molecule has 16 heavy (non-hydrogen) atoms. The van der Waals surface area contributed by atoms with E-state index in [1.165, 1.54) is 4.90 Å². The lowest BCUT2D eigenvalue weighted by Gasteiger charge is -2.15. The summed E-state index contributed by atoms with van der Waals surface area (Å²) < 4.78 is 3.66. The molecule has 0 saturated heterocycles. The van der Waals surface area contributed by atoms with Crippen molar-refractivity contribution >= 4 is 28.8 Å². The van der Waals surface area contributed by atoms with Crippen LogP contribution < -0.4 is 10.6 Å². The molecule has 0 bridgehead atoms. The molecule has 2 N–H and O–H groups in total. The topological polar surface area (TPSA) is 72.1 Å². The van der Waals surface area contributed by atoms with E-state index in [4.69, 9.17) is 5.73 Å². The van der Waals surface area contributed by atoms with Gasteiger partial charge >= 0.3 is 0 Å². The standard InChI is InChI=1S/C10H10N4OS/c1-14(8-4-2-3-7(11)5-8)10(15)9-6-16-13-12-9/h2-6H,11H2,1H3. The van der Waals surface area contributed by atoms with Crippen LogP contribution in [-0.4, -0.2) is 22.5 Å². The van der Waals surface area contributed by atoms with Gasteiger partial charge in [-0.1, -0.05) is 10.6 Å². The monoisotopic (exact) mass is 234 g/mol. The lowest BCUT2D eigenvalue weighted by Crippen LogP contribution is -2.26. The molecule has 1 heterocycles. The minimum atomic E-state index is -0.195. The van der Waals surface area contributed by atoms with Gasteiger partial charge in [0.1, 0.15) is 0 Å². The Balaban J connectivity index is 2.26. The zero-order chi connectivity index (χ0) is 11.5. The largest absolute Gasteiger partial charge is 0.399 e. The highest BCUT2D eigenvalue weighted by molar-refractivity contribution is 7.03. The van der Waals surface area contributed by atoms with Crippen molar-refractivity contribution in [1.29, 1.82) is 0 Å². The van der Waals surface area contributed by atoms with Crippen molar-refractivity contribution in [2.45, 2.75) is 0 Å². The normalized spacial score (nSPS) is 10.1. The number of carbonyl (C=O) groups excluding carboxylic acids is 1. The number of carbonyl (C=O) groups is 1. The van der Waals surface area contributed by atoms with Gasteiger partial charge in [-0.3, -0.25) is 4.79 Å². The van der Waals surface area contributed by atoms with Gasteiger partial charge in [0.15, 0.2) is 5.69 Å². The molecule has 0 radical (unpaired) electrons. The Morgan fingerprint density at radius 1 is 1.50 bits per heavy atom. The van der Waals surface area contributed by atoms with Crippen LogP contribution in [0.25, 0.3) is 0 Å². The van der Waals surface area contributed by atoms with E-state index in [2.05, 4.69) is 9.59 Å². The fourth-order valence-electron chi connectivity index (χ4n) is 1.28. The molecule has 2 rings (SSSR count). The lowest BCUT2D eigenvalue weighted by atomic mass is 10.2. The molecule has 0 aliphatic carbocycles. The van der Waals surface area contributed by atoms with E-state index in [0.29, 0.717) is 11.4 Å². The van der Waals surface area contributed by atoms with E-state index in [9.17, 15) is 4.79 Å². The predicted octanol–water partition coefficient (Wildman–Crippen LogP) is 1.40. The molecule has 6 heteroatoms. The van der Waals surface area contributed by atoms with Gasteiger partial charge in [-0.05, 0) is 29.7 Å². The first-order chi connectivity index (χ1) is 7.68. The van der Waals surface area contributed by atoms with Crippen molar-refractivity contribution in [3.63, 3.8) is 0 Å². The summed E-state index contributed by atoms with van der Waals surface area (Å²) >= 11 is 1.15. The zero-order valence-electron chi connectivity index (χ0n) is 8.62. The Morgan fingerprint density at radius 3 is 2.94 bits per heavy atom. The minimum absolute atomic E-state index is 0.195. The third-order valence-corrected chi connectivity index (χ3v) is 2.65. The predicted molar refractivity (Wildman–Crippen MR) is 63.5 cm³/mol. The van der Waals surface area contributed by atoms with Crippen LogP contribution in [0, 0.1) is 0 Å². The lowest BCUT2D eigenvalue weighted by molar-refractivity contribution is 0.0988. The van der Waals surface area contributed by atoms with Crippen LogP contribution in [-0.2, 0) is 0 Å². The zero-order valence-corrected chi connectivity index (χ0v) is 9.44. The number of benzene rings is 1. The molecular weight excluding hydrogens is 224 g/mol. The molecule has 1 amide bonds. The fraction of sp³-hybridized carbons (Fsp3) is 0.100. The SMILES string of the molecule is CN(C(=O)c1csnn1)c1cccc(N)c1. The Labute approximate surface area is 96.7 Å². The maximum absolute atomic E-state index is 11.9. The summed E-state index contributed by atoms with van der Waals surface area (Å²) in [4.78, 5) is 13.4. The van der Waals surface area contributed by atoms with Crippen LogP contribution in [0.5, 0.6) is 0 Å². The Hall–Kier alpha value is -1.95. The highest BCUT2D eigenvalue weighted by atomic mass is 32.1. The molecule has 0 spiro atoms. The average Bonchev–Trinajstić information content (AvgIpc) is 2.80. The summed E-state index contributed by atoms with van der Waals surface area (Å²) in [6, 6.07) is 7.12. The van der Waals surface area contributed by atoms with E-state index in [-0.39, 0.29) is 5.91 Å². The molecule has 0 aliphatic heterocycles. The van der Waals surface area contributed by atoms with Gasteiger partial charge in [0.25, 0.3) is 5.91 Å². The van der Waals surface area contributed by atoms with Crippen LogP contribution in [0.2, 0.25) is 0 Å². The third kappa shape index (κ3) is 2.01. The Bertz CT molecular complexity index is 497. The maximum atomic E-state index is 11.9. The van der Waals surface area contributed by atoms with E-state index >= 15 is 0 Å². The second-order valence-corrected chi connectivity index (χ2v) is 3.86. The molecule has 0 atom stereocenters. The Morgan fingerprint density at radius 2 is 2.31 bits per heavy atom. The number of amides is 1. The van der Waals surface area contributed by atoms with Gasteiger partial charge in [-0.15, -0.1) is 5.10 Å². The molecular formula is C10H10N4OS.